The van der Waals surface area contributed by atoms with Crippen molar-refractivity contribution in [3.05, 3.63) is 11.6 Å². The van der Waals surface area contributed by atoms with Gasteiger partial charge in [0, 0.05) is 0 Å². The Balaban J connectivity index is 0.000000167. The number of hydrogen-bond acceptors (Lipinski definition) is 1. The Morgan fingerprint density at radius 1 is 0.611 bits per heavy atom. The first-order chi connectivity index (χ1) is 25.8. The van der Waals surface area contributed by atoms with Crippen LogP contribution in [0, 0.1) is 92.7 Å². The summed E-state index contributed by atoms with van der Waals surface area (Å²) in [5.74, 6) is 11.6. The van der Waals surface area contributed by atoms with Crippen molar-refractivity contribution < 1.29 is 5.11 Å². The van der Waals surface area contributed by atoms with Crippen molar-refractivity contribution in [2.75, 3.05) is 0 Å². The zero-order valence-electron chi connectivity index (χ0n) is 37.7. The first-order valence-electron chi connectivity index (χ1n) is 25.2. The molecule has 0 spiro atoms. The summed E-state index contributed by atoms with van der Waals surface area (Å²) in [6, 6.07) is 0. The molecule has 1 nitrogen and oxygen atoms in total. The van der Waals surface area contributed by atoms with Crippen molar-refractivity contribution in [3.8, 4) is 0 Å². The van der Waals surface area contributed by atoms with Gasteiger partial charge in [-0.25, -0.2) is 0 Å². The van der Waals surface area contributed by atoms with Crippen LogP contribution >= 0.6 is 0 Å². The third-order valence-electron chi connectivity index (χ3n) is 21.0. The second-order valence-electron chi connectivity index (χ2n) is 23.6. The molecule has 0 radical (unpaired) electrons. The SMILES string of the molecule is CCCCCC(C)[C@H]1CC[C@H]2[C@@H]3CC=C4C[C@@H](C)CC[C@]4(C)[C@H]3CC[C@]12C.CCCCCC(C)[C@H]1CC[C@H]2[C@@H]3CC[C@H]4C[C@@H](O)CC[C@]4(C)[C@H]3CC[C@]12C. The molecule has 0 bridgehead atoms. The predicted molar refractivity (Wildman–Crippen MR) is 232 cm³/mol. The van der Waals surface area contributed by atoms with Crippen LogP contribution in [0.2, 0.25) is 0 Å². The molecule has 0 aromatic heterocycles. The van der Waals surface area contributed by atoms with Crippen LogP contribution in [-0.4, -0.2) is 11.2 Å². The molecule has 54 heavy (non-hydrogen) atoms. The maximum absolute atomic E-state index is 10.2. The maximum Gasteiger partial charge on any atom is 0.0543 e. The first kappa shape index (κ1) is 41.8. The molecule has 7 saturated carbocycles. The van der Waals surface area contributed by atoms with Crippen molar-refractivity contribution in [2.45, 2.75) is 229 Å². The second kappa shape index (κ2) is 16.8. The van der Waals surface area contributed by atoms with Gasteiger partial charge in [0.15, 0.2) is 0 Å². The lowest BCUT2D eigenvalue weighted by molar-refractivity contribution is -0.129. The molecular weight excluding hydrogens is 653 g/mol. The Morgan fingerprint density at radius 3 is 1.78 bits per heavy atom. The normalized spacial score (nSPS) is 49.1. The largest absolute Gasteiger partial charge is 0.393 e. The lowest BCUT2D eigenvalue weighted by atomic mass is 9.44. The molecule has 8 rings (SSSR count). The van der Waals surface area contributed by atoms with Gasteiger partial charge in [0.1, 0.15) is 0 Å². The quantitative estimate of drug-likeness (QED) is 0.174. The molecule has 0 aromatic carbocycles. The molecule has 2 unspecified atom stereocenters. The predicted octanol–water partition coefficient (Wildman–Crippen LogP) is 15.6. The van der Waals surface area contributed by atoms with Crippen LogP contribution in [0.4, 0.5) is 0 Å². The summed E-state index contributed by atoms with van der Waals surface area (Å²) in [6.07, 6.45) is 38.4. The van der Waals surface area contributed by atoms with Gasteiger partial charge in [-0.1, -0.05) is 125 Å². The van der Waals surface area contributed by atoms with E-state index in [2.05, 4.69) is 68.4 Å². The number of aliphatic hydroxyl groups excluding tert-OH is 1. The molecule has 0 aromatic rings. The fourth-order valence-corrected chi connectivity index (χ4v) is 17.9. The average Bonchev–Trinajstić information content (AvgIpc) is 3.69. The summed E-state index contributed by atoms with van der Waals surface area (Å²) in [6.45, 7) is 23.1. The zero-order valence-corrected chi connectivity index (χ0v) is 37.7. The van der Waals surface area contributed by atoms with E-state index in [1.807, 2.05) is 5.57 Å². The standard InChI is InChI=1S/C27H46.C26H46O/c1-6-7-8-9-20(3)23-12-13-24-22-11-10-21-18-19(2)14-16-26(21,4)25(22)15-17-27(23,24)5;1-5-6-7-8-18(2)22-11-12-23-21-10-9-19-17-20(27)13-15-25(19,3)24(21)14-16-26(22,23)4/h10,19-20,22-25H,6-9,11-18H2,1-5H3;18-24,27H,5-17H2,1-4H3/t19-,20?,22-,23+,24-,25-,26-,27+;18?,19-,20-,21-,22+,23-,24-,25-,26+/m00/s1. The highest BCUT2D eigenvalue weighted by Gasteiger charge is 2.61. The van der Waals surface area contributed by atoms with Gasteiger partial charge >= 0.3 is 0 Å². The Kier molecular flexibility index (Phi) is 13.0. The first-order valence-corrected chi connectivity index (χ1v) is 25.2. The number of hydrogen-bond donors (Lipinski definition) is 1. The molecule has 17 atom stereocenters. The summed E-state index contributed by atoms with van der Waals surface area (Å²) in [5, 5.41) is 10.2. The summed E-state index contributed by atoms with van der Waals surface area (Å²) in [7, 11) is 0. The molecule has 0 saturated heterocycles. The highest BCUT2D eigenvalue weighted by Crippen LogP contribution is 2.70. The molecule has 8 aliphatic carbocycles. The van der Waals surface area contributed by atoms with Crippen molar-refractivity contribution >= 4 is 0 Å². The molecule has 1 heteroatoms. The van der Waals surface area contributed by atoms with Gasteiger partial charge in [-0.15, -0.1) is 0 Å². The molecule has 1 N–H and O–H groups in total. The minimum atomic E-state index is -0.00619. The highest BCUT2D eigenvalue weighted by molar-refractivity contribution is 5.25. The Morgan fingerprint density at radius 2 is 1.17 bits per heavy atom. The summed E-state index contributed by atoms with van der Waals surface area (Å²) in [4.78, 5) is 0. The van der Waals surface area contributed by atoms with Gasteiger partial charge in [0.05, 0.1) is 6.10 Å². The Labute approximate surface area is 337 Å². The number of allylic oxidation sites excluding steroid dienone is 2. The summed E-state index contributed by atoms with van der Waals surface area (Å²) >= 11 is 0. The van der Waals surface area contributed by atoms with Gasteiger partial charge in [0.25, 0.3) is 0 Å². The van der Waals surface area contributed by atoms with E-state index in [1.54, 1.807) is 0 Å². The third-order valence-corrected chi connectivity index (χ3v) is 21.0. The van der Waals surface area contributed by atoms with Crippen molar-refractivity contribution in [2.24, 2.45) is 92.7 Å². The fourth-order valence-electron chi connectivity index (χ4n) is 17.9. The van der Waals surface area contributed by atoms with E-state index < -0.39 is 0 Å². The summed E-state index contributed by atoms with van der Waals surface area (Å²) in [5.41, 5.74) is 4.24. The van der Waals surface area contributed by atoms with E-state index >= 15 is 0 Å². The summed E-state index contributed by atoms with van der Waals surface area (Å²) < 4.78 is 0. The molecule has 0 amide bonds. The van der Waals surface area contributed by atoms with Crippen LogP contribution in [0.15, 0.2) is 11.6 Å². The number of fused-ring (bicyclic) bond motifs is 10. The smallest absolute Gasteiger partial charge is 0.0543 e. The molecule has 8 aliphatic rings. The van der Waals surface area contributed by atoms with Crippen LogP contribution < -0.4 is 0 Å². The van der Waals surface area contributed by atoms with E-state index in [1.165, 1.54) is 148 Å². The van der Waals surface area contributed by atoms with Crippen molar-refractivity contribution in [1.82, 2.24) is 0 Å². The molecule has 0 heterocycles. The second-order valence-corrected chi connectivity index (χ2v) is 23.6. The van der Waals surface area contributed by atoms with Crippen LogP contribution in [-0.2, 0) is 0 Å². The lowest BCUT2D eigenvalue weighted by Crippen LogP contribution is -2.54. The minimum absolute atomic E-state index is 0.00619. The molecular formula is C53H92O. The molecule has 0 aliphatic heterocycles. The Hall–Kier alpha value is -0.300. The minimum Gasteiger partial charge on any atom is -0.393 e. The maximum atomic E-state index is 10.2. The van der Waals surface area contributed by atoms with E-state index in [9.17, 15) is 5.11 Å². The van der Waals surface area contributed by atoms with Gasteiger partial charge in [-0.2, -0.15) is 0 Å². The van der Waals surface area contributed by atoms with Gasteiger partial charge in [-0.3, -0.25) is 0 Å². The zero-order chi connectivity index (χ0) is 38.5. The number of unbranched alkanes of at least 4 members (excludes halogenated alkanes) is 4. The van der Waals surface area contributed by atoms with Gasteiger partial charge in [0.2, 0.25) is 0 Å². The van der Waals surface area contributed by atoms with E-state index in [-0.39, 0.29) is 6.10 Å². The average molecular weight is 745 g/mol. The van der Waals surface area contributed by atoms with E-state index in [0.717, 1.165) is 83.9 Å². The third kappa shape index (κ3) is 7.43. The Bertz CT molecular complexity index is 1270. The monoisotopic (exact) mass is 745 g/mol. The lowest BCUT2D eigenvalue weighted by Gasteiger charge is -2.61. The van der Waals surface area contributed by atoms with Gasteiger partial charge < -0.3 is 5.11 Å². The molecule has 7 fully saturated rings. The van der Waals surface area contributed by atoms with Crippen molar-refractivity contribution in [3.63, 3.8) is 0 Å². The van der Waals surface area contributed by atoms with Gasteiger partial charge in [-0.05, 0) is 202 Å². The van der Waals surface area contributed by atoms with E-state index in [4.69, 9.17) is 0 Å². The number of rotatable bonds is 10. The highest BCUT2D eigenvalue weighted by atomic mass is 16.3. The van der Waals surface area contributed by atoms with Crippen LogP contribution in [0.1, 0.15) is 223 Å². The number of aliphatic hydroxyl groups is 1. The van der Waals surface area contributed by atoms with Crippen molar-refractivity contribution in [1.29, 1.82) is 0 Å². The van der Waals surface area contributed by atoms with Crippen LogP contribution in [0.25, 0.3) is 0 Å². The topological polar surface area (TPSA) is 20.2 Å². The van der Waals surface area contributed by atoms with Crippen LogP contribution in [0.5, 0.6) is 0 Å². The molecule has 310 valence electrons. The van der Waals surface area contributed by atoms with E-state index in [0.29, 0.717) is 21.7 Å². The van der Waals surface area contributed by atoms with Crippen LogP contribution in [0.3, 0.4) is 0 Å². The fraction of sp³-hybridized carbons (Fsp3) is 0.962.